The first kappa shape index (κ1) is 12.6. The third-order valence-corrected chi connectivity index (χ3v) is 10.6. The lowest BCUT2D eigenvalue weighted by molar-refractivity contribution is 0.640. The summed E-state index contributed by atoms with van der Waals surface area (Å²) in [5, 5.41) is 3.95. The molecule has 0 nitrogen and oxygen atoms in total. The van der Waals surface area contributed by atoms with Crippen molar-refractivity contribution in [3.8, 4) is 11.8 Å². The van der Waals surface area contributed by atoms with Crippen LogP contribution < -0.4 is 0 Å². The van der Waals surface area contributed by atoms with Crippen molar-refractivity contribution < 1.29 is 0 Å². The lowest BCUT2D eigenvalue weighted by Crippen LogP contribution is -2.43. The molecule has 0 fully saturated rings. The molecule has 0 aromatic carbocycles. The lowest BCUT2D eigenvalue weighted by Gasteiger charge is -2.42. The van der Waals surface area contributed by atoms with Gasteiger partial charge in [0.1, 0.15) is 8.07 Å². The minimum absolute atomic E-state index is 0.397. The average molecular weight is 220 g/mol. The second kappa shape index (κ2) is 3.25. The van der Waals surface area contributed by atoms with E-state index in [1.54, 1.807) is 5.20 Å². The van der Waals surface area contributed by atoms with Crippen molar-refractivity contribution in [1.82, 2.24) is 0 Å². The largest absolute Gasteiger partial charge is 0.134 e. The molecule has 0 saturated carbocycles. The summed E-state index contributed by atoms with van der Waals surface area (Å²) >= 11 is 0. The molecule has 1 heteroatoms. The van der Waals surface area contributed by atoms with Gasteiger partial charge >= 0.3 is 0 Å². The molecule has 0 atom stereocenters. The molecule has 0 aromatic heterocycles. The summed E-state index contributed by atoms with van der Waals surface area (Å²) in [5.41, 5.74) is 0. The maximum atomic E-state index is 3.36. The van der Waals surface area contributed by atoms with E-state index >= 15 is 0 Å². The van der Waals surface area contributed by atoms with E-state index in [1.807, 2.05) is 6.92 Å². The van der Waals surface area contributed by atoms with Crippen molar-refractivity contribution in [3.05, 3.63) is 10.4 Å². The van der Waals surface area contributed by atoms with Gasteiger partial charge in [-0.15, -0.1) is 5.92 Å². The van der Waals surface area contributed by atoms with Crippen molar-refractivity contribution in [2.45, 2.75) is 65.5 Å². The van der Waals surface area contributed by atoms with Gasteiger partial charge in [0.25, 0.3) is 0 Å². The van der Waals surface area contributed by atoms with Gasteiger partial charge in [-0.3, -0.25) is 0 Å². The van der Waals surface area contributed by atoms with Crippen LogP contribution in [0.4, 0.5) is 0 Å². The number of rotatable bonds is 0. The predicted molar refractivity (Wildman–Crippen MR) is 71.3 cm³/mol. The molecule has 0 unspecified atom stereocenters. The summed E-state index contributed by atoms with van der Waals surface area (Å²) < 4.78 is 0. The zero-order valence-corrected chi connectivity index (χ0v) is 12.5. The van der Waals surface area contributed by atoms with Crippen molar-refractivity contribution in [2.24, 2.45) is 0 Å². The monoisotopic (exact) mass is 220 g/mol. The van der Waals surface area contributed by atoms with Gasteiger partial charge in [-0.25, -0.2) is 0 Å². The van der Waals surface area contributed by atoms with Crippen LogP contribution in [-0.4, -0.2) is 8.07 Å². The van der Waals surface area contributed by atoms with Crippen LogP contribution in [0.3, 0.4) is 0 Å². The van der Waals surface area contributed by atoms with E-state index in [2.05, 4.69) is 60.3 Å². The smallest absolute Gasteiger partial charge is 0.102 e. The molecule has 0 amide bonds. The van der Waals surface area contributed by atoms with Gasteiger partial charge in [0, 0.05) is 0 Å². The van der Waals surface area contributed by atoms with Gasteiger partial charge in [-0.1, -0.05) is 52.7 Å². The number of hydrogen-bond acceptors (Lipinski definition) is 0. The number of hydrogen-bond donors (Lipinski definition) is 0. The third-order valence-electron chi connectivity index (χ3n) is 3.75. The zero-order chi connectivity index (χ0) is 12.1. The fourth-order valence-electron chi connectivity index (χ4n) is 3.72. The Morgan fingerprint density at radius 3 is 1.53 bits per heavy atom. The summed E-state index contributed by atoms with van der Waals surface area (Å²) in [6.07, 6.45) is 0. The first-order chi connectivity index (χ1) is 6.60. The van der Waals surface area contributed by atoms with E-state index in [9.17, 15) is 0 Å². The van der Waals surface area contributed by atoms with Gasteiger partial charge in [-0.2, -0.15) is 0 Å². The summed E-state index contributed by atoms with van der Waals surface area (Å²) in [7, 11) is -1.45. The zero-order valence-electron chi connectivity index (χ0n) is 11.5. The molecule has 15 heavy (non-hydrogen) atoms. The first-order valence-electron chi connectivity index (χ1n) is 5.75. The molecule has 0 radical (unpaired) electrons. The Kier molecular flexibility index (Phi) is 2.73. The highest BCUT2D eigenvalue weighted by Crippen LogP contribution is 2.66. The van der Waals surface area contributed by atoms with E-state index in [-0.39, 0.29) is 0 Å². The maximum Gasteiger partial charge on any atom is 0.134 e. The third kappa shape index (κ3) is 1.50. The second-order valence-electron chi connectivity index (χ2n) is 6.62. The number of allylic oxidation sites excluding steroid dienone is 2. The van der Waals surface area contributed by atoms with Gasteiger partial charge in [-0.05, 0) is 29.1 Å². The van der Waals surface area contributed by atoms with Crippen LogP contribution in [0, 0.1) is 11.8 Å². The fourth-order valence-corrected chi connectivity index (χ4v) is 11.3. The highest BCUT2D eigenvalue weighted by molar-refractivity contribution is 7.07. The summed E-state index contributed by atoms with van der Waals surface area (Å²) in [5.74, 6) is 6.45. The van der Waals surface area contributed by atoms with Crippen LogP contribution >= 0.6 is 0 Å². The molecule has 0 aromatic rings. The maximum absolute atomic E-state index is 3.36. The Morgan fingerprint density at radius 1 is 0.933 bits per heavy atom. The van der Waals surface area contributed by atoms with E-state index < -0.39 is 8.07 Å². The SMILES string of the molecule is CC#CC1=C(C)[Si]1(C(C)(C)C)C(C)(C)C. The van der Waals surface area contributed by atoms with Crippen LogP contribution in [0.2, 0.25) is 10.1 Å². The van der Waals surface area contributed by atoms with E-state index in [0.29, 0.717) is 10.1 Å². The standard InChI is InChI=1S/C14H24Si/c1-9-10-12-11(2)15(12,13(3,4)5)14(6,7)8/h1-8H3. The summed E-state index contributed by atoms with van der Waals surface area (Å²) in [6, 6.07) is 0. The normalized spacial score (nSPS) is 19.7. The summed E-state index contributed by atoms with van der Waals surface area (Å²) in [4.78, 5) is 0. The highest BCUT2D eigenvalue weighted by atomic mass is 28.3. The van der Waals surface area contributed by atoms with Gasteiger partial charge in [0.15, 0.2) is 0 Å². The van der Waals surface area contributed by atoms with E-state index in [0.717, 1.165) is 0 Å². The summed E-state index contributed by atoms with van der Waals surface area (Å²) in [6.45, 7) is 18.6. The molecule has 0 aliphatic carbocycles. The van der Waals surface area contributed by atoms with Crippen LogP contribution in [0.1, 0.15) is 55.4 Å². The van der Waals surface area contributed by atoms with Crippen molar-refractivity contribution in [3.63, 3.8) is 0 Å². The van der Waals surface area contributed by atoms with Gasteiger partial charge < -0.3 is 0 Å². The van der Waals surface area contributed by atoms with Crippen molar-refractivity contribution in [2.75, 3.05) is 0 Å². The molecule has 84 valence electrons. The molecule has 1 aliphatic rings. The molecular weight excluding hydrogens is 196 g/mol. The van der Waals surface area contributed by atoms with Crippen LogP contribution in [-0.2, 0) is 0 Å². The Labute approximate surface area is 96.2 Å². The lowest BCUT2D eigenvalue weighted by atomic mass is 10.2. The van der Waals surface area contributed by atoms with Crippen LogP contribution in [0.25, 0.3) is 0 Å². The van der Waals surface area contributed by atoms with E-state index in [1.165, 1.54) is 5.20 Å². The quantitative estimate of drug-likeness (QED) is 0.417. The van der Waals surface area contributed by atoms with Crippen molar-refractivity contribution in [1.29, 1.82) is 0 Å². The molecule has 0 spiro atoms. The molecule has 0 saturated heterocycles. The predicted octanol–water partition coefficient (Wildman–Crippen LogP) is 4.47. The molecular formula is C14H24Si. The molecule has 0 N–H and O–H groups in total. The molecule has 1 aliphatic heterocycles. The molecule has 0 bridgehead atoms. The van der Waals surface area contributed by atoms with Gasteiger partial charge in [0.2, 0.25) is 0 Å². The average Bonchev–Trinajstić information content (AvgIpc) is 2.55. The van der Waals surface area contributed by atoms with Crippen molar-refractivity contribution >= 4 is 8.07 Å². The van der Waals surface area contributed by atoms with Gasteiger partial charge in [0.05, 0.1) is 0 Å². The van der Waals surface area contributed by atoms with Crippen LogP contribution in [0.5, 0.6) is 0 Å². The first-order valence-corrected chi connectivity index (χ1v) is 7.75. The highest BCUT2D eigenvalue weighted by Gasteiger charge is 2.66. The molecule has 1 heterocycles. The van der Waals surface area contributed by atoms with Crippen LogP contribution in [0.15, 0.2) is 10.4 Å². The Hall–Kier alpha value is -0.483. The topological polar surface area (TPSA) is 0 Å². The second-order valence-corrected chi connectivity index (χ2v) is 12.4. The Bertz CT molecular complexity index is 347. The minimum atomic E-state index is -1.45. The fraction of sp³-hybridized carbons (Fsp3) is 0.714. The minimum Gasteiger partial charge on any atom is -0.102 e. The molecule has 1 rings (SSSR count). The Morgan fingerprint density at radius 2 is 1.33 bits per heavy atom. The Balaban J connectivity index is 3.24. The van der Waals surface area contributed by atoms with E-state index in [4.69, 9.17) is 0 Å².